The summed E-state index contributed by atoms with van der Waals surface area (Å²) in [4.78, 5) is 0. The molecule has 0 saturated heterocycles. The largest absolute Gasteiger partial charge is 0.0928 e. The first-order valence-corrected chi connectivity index (χ1v) is 8.26. The van der Waals surface area contributed by atoms with E-state index in [2.05, 4.69) is 49.7 Å². The van der Waals surface area contributed by atoms with Crippen molar-refractivity contribution >= 4 is 15.9 Å². The lowest BCUT2D eigenvalue weighted by Gasteiger charge is -2.57. The molecule has 17 heavy (non-hydrogen) atoms. The van der Waals surface area contributed by atoms with Gasteiger partial charge in [0, 0.05) is 5.33 Å². The van der Waals surface area contributed by atoms with Gasteiger partial charge in [-0.25, -0.2) is 0 Å². The predicted octanol–water partition coefficient (Wildman–Crippen LogP) is 5.57. The molecule has 0 bridgehead atoms. The molecule has 0 nitrogen and oxygen atoms in total. The van der Waals surface area contributed by atoms with Gasteiger partial charge in [-0.2, -0.15) is 0 Å². The molecule has 0 spiro atoms. The summed E-state index contributed by atoms with van der Waals surface area (Å²) in [6.45, 7) is 9.92. The van der Waals surface area contributed by atoms with Crippen LogP contribution in [0, 0.1) is 22.7 Å². The van der Waals surface area contributed by atoms with Gasteiger partial charge in [-0.05, 0) is 55.3 Å². The lowest BCUT2D eigenvalue weighted by Crippen LogP contribution is -2.48. The summed E-state index contributed by atoms with van der Waals surface area (Å²) in [6.07, 6.45) is 9.43. The molecule has 3 atom stereocenters. The molecule has 0 aliphatic heterocycles. The van der Waals surface area contributed by atoms with E-state index in [0.717, 1.165) is 17.2 Å². The highest BCUT2D eigenvalue weighted by Crippen LogP contribution is 2.60. The summed E-state index contributed by atoms with van der Waals surface area (Å²) in [5.74, 6) is 1.69. The first kappa shape index (κ1) is 13.6. The van der Waals surface area contributed by atoms with E-state index in [1.165, 1.54) is 32.1 Å². The van der Waals surface area contributed by atoms with Crippen LogP contribution in [0.4, 0.5) is 0 Å². The van der Waals surface area contributed by atoms with Gasteiger partial charge in [-0.1, -0.05) is 54.8 Å². The molecule has 2 rings (SSSR count). The Labute approximate surface area is 115 Å². The minimum atomic E-state index is 0.536. The fraction of sp³-hybridized carbons (Fsp3) is 0.875. The van der Waals surface area contributed by atoms with Crippen LogP contribution in [0.25, 0.3) is 0 Å². The van der Waals surface area contributed by atoms with Crippen molar-refractivity contribution in [1.82, 2.24) is 0 Å². The molecule has 0 radical (unpaired) electrons. The smallest absolute Gasteiger partial charge is 0.00372 e. The SMILES string of the molecule is CC1=CC[C@H]2C(C)(C)CCC[C@]2(C)[C@H]1CCBr. The van der Waals surface area contributed by atoms with Crippen LogP contribution in [0.1, 0.15) is 59.8 Å². The Balaban J connectivity index is 2.35. The van der Waals surface area contributed by atoms with Crippen molar-refractivity contribution in [2.24, 2.45) is 22.7 Å². The number of allylic oxidation sites excluding steroid dienone is 2. The monoisotopic (exact) mass is 298 g/mol. The standard InChI is InChI=1S/C16H27Br/c1-12-6-7-14-15(2,3)9-5-10-16(14,4)13(12)8-11-17/h6,13-14H,5,7-11H2,1-4H3/t13-,14-,16+/m0/s1. The lowest BCUT2D eigenvalue weighted by atomic mass is 9.48. The maximum atomic E-state index is 3.65. The Morgan fingerprint density at radius 3 is 2.65 bits per heavy atom. The van der Waals surface area contributed by atoms with Crippen LogP contribution in [0.3, 0.4) is 0 Å². The van der Waals surface area contributed by atoms with E-state index in [-0.39, 0.29) is 0 Å². The molecule has 0 heterocycles. The molecule has 2 aliphatic rings. The van der Waals surface area contributed by atoms with Crippen molar-refractivity contribution in [1.29, 1.82) is 0 Å². The van der Waals surface area contributed by atoms with Crippen LogP contribution >= 0.6 is 15.9 Å². The van der Waals surface area contributed by atoms with E-state index >= 15 is 0 Å². The minimum Gasteiger partial charge on any atom is -0.0928 e. The van der Waals surface area contributed by atoms with Gasteiger partial charge in [0.2, 0.25) is 0 Å². The molecule has 0 aromatic rings. The molecule has 0 N–H and O–H groups in total. The van der Waals surface area contributed by atoms with Gasteiger partial charge >= 0.3 is 0 Å². The average Bonchev–Trinajstić information content (AvgIpc) is 2.22. The third-order valence-corrected chi connectivity index (χ3v) is 6.15. The topological polar surface area (TPSA) is 0 Å². The fourth-order valence-corrected chi connectivity index (χ4v) is 5.26. The zero-order chi connectivity index (χ0) is 12.7. The van der Waals surface area contributed by atoms with Crippen molar-refractivity contribution in [3.8, 4) is 0 Å². The normalized spacial score (nSPS) is 40.6. The number of halogens is 1. The summed E-state index contributed by atoms with van der Waals surface area (Å²) < 4.78 is 0. The fourth-order valence-electron chi connectivity index (χ4n) is 4.80. The molecule has 2 aliphatic carbocycles. The van der Waals surface area contributed by atoms with E-state index in [1.807, 2.05) is 0 Å². The van der Waals surface area contributed by atoms with Gasteiger partial charge < -0.3 is 0 Å². The Morgan fingerprint density at radius 2 is 2.00 bits per heavy atom. The summed E-state index contributed by atoms with van der Waals surface area (Å²) in [5, 5.41) is 1.14. The van der Waals surface area contributed by atoms with E-state index in [4.69, 9.17) is 0 Å². The Morgan fingerprint density at radius 1 is 1.29 bits per heavy atom. The Hall–Kier alpha value is 0.220. The minimum absolute atomic E-state index is 0.536. The third-order valence-electron chi connectivity index (χ3n) is 5.69. The lowest BCUT2D eigenvalue weighted by molar-refractivity contribution is -0.0374. The molecule has 0 aromatic heterocycles. The summed E-state index contributed by atoms with van der Waals surface area (Å²) in [6, 6.07) is 0. The molecular weight excluding hydrogens is 272 g/mol. The van der Waals surface area contributed by atoms with E-state index < -0.39 is 0 Å². The molecule has 1 saturated carbocycles. The van der Waals surface area contributed by atoms with Gasteiger partial charge in [0.25, 0.3) is 0 Å². The zero-order valence-electron chi connectivity index (χ0n) is 11.9. The van der Waals surface area contributed by atoms with Gasteiger partial charge in [0.1, 0.15) is 0 Å². The zero-order valence-corrected chi connectivity index (χ0v) is 13.4. The van der Waals surface area contributed by atoms with Crippen LogP contribution in [-0.4, -0.2) is 5.33 Å². The number of hydrogen-bond donors (Lipinski definition) is 0. The molecule has 0 aromatic carbocycles. The van der Waals surface area contributed by atoms with Crippen molar-refractivity contribution in [2.45, 2.75) is 59.8 Å². The molecule has 1 fully saturated rings. The summed E-state index contributed by atoms with van der Waals surface area (Å²) >= 11 is 3.65. The van der Waals surface area contributed by atoms with Crippen molar-refractivity contribution in [2.75, 3.05) is 5.33 Å². The van der Waals surface area contributed by atoms with Gasteiger partial charge in [0.15, 0.2) is 0 Å². The van der Waals surface area contributed by atoms with Crippen LogP contribution in [0.15, 0.2) is 11.6 Å². The Bertz CT molecular complexity index is 315. The second-order valence-electron chi connectivity index (χ2n) is 7.11. The molecule has 0 unspecified atom stereocenters. The quantitative estimate of drug-likeness (QED) is 0.462. The highest BCUT2D eigenvalue weighted by molar-refractivity contribution is 9.09. The van der Waals surface area contributed by atoms with Crippen LogP contribution in [0.2, 0.25) is 0 Å². The van der Waals surface area contributed by atoms with Crippen molar-refractivity contribution in [3.05, 3.63) is 11.6 Å². The van der Waals surface area contributed by atoms with E-state index in [0.29, 0.717) is 10.8 Å². The van der Waals surface area contributed by atoms with Crippen molar-refractivity contribution < 1.29 is 0 Å². The highest BCUT2D eigenvalue weighted by Gasteiger charge is 2.51. The molecule has 1 heteroatoms. The number of hydrogen-bond acceptors (Lipinski definition) is 0. The van der Waals surface area contributed by atoms with Crippen LogP contribution in [0.5, 0.6) is 0 Å². The van der Waals surface area contributed by atoms with E-state index in [1.54, 1.807) is 5.57 Å². The summed E-state index contributed by atoms with van der Waals surface area (Å²) in [5.41, 5.74) is 2.74. The first-order chi connectivity index (χ1) is 7.92. The van der Waals surface area contributed by atoms with Crippen molar-refractivity contribution in [3.63, 3.8) is 0 Å². The van der Waals surface area contributed by atoms with E-state index in [9.17, 15) is 0 Å². The number of fused-ring (bicyclic) bond motifs is 1. The first-order valence-electron chi connectivity index (χ1n) is 7.14. The van der Waals surface area contributed by atoms with Gasteiger partial charge in [-0.15, -0.1) is 0 Å². The van der Waals surface area contributed by atoms with Gasteiger partial charge in [-0.3, -0.25) is 0 Å². The third kappa shape index (κ3) is 2.25. The highest BCUT2D eigenvalue weighted by atomic mass is 79.9. The van der Waals surface area contributed by atoms with Gasteiger partial charge in [0.05, 0.1) is 0 Å². The number of alkyl halides is 1. The maximum absolute atomic E-state index is 3.65. The molecular formula is C16H27Br. The predicted molar refractivity (Wildman–Crippen MR) is 79.5 cm³/mol. The molecule has 98 valence electrons. The molecule has 0 amide bonds. The van der Waals surface area contributed by atoms with Crippen LogP contribution in [-0.2, 0) is 0 Å². The second-order valence-corrected chi connectivity index (χ2v) is 7.91. The summed E-state index contributed by atoms with van der Waals surface area (Å²) in [7, 11) is 0. The number of rotatable bonds is 2. The average molecular weight is 299 g/mol. The van der Waals surface area contributed by atoms with Crippen LogP contribution < -0.4 is 0 Å². The maximum Gasteiger partial charge on any atom is 0.00372 e. The second kappa shape index (κ2) is 4.72. The Kier molecular flexibility index (Phi) is 3.79.